The van der Waals surface area contributed by atoms with Gasteiger partial charge in [-0.25, -0.2) is 0 Å². The summed E-state index contributed by atoms with van der Waals surface area (Å²) in [5, 5.41) is 5.34. The van der Waals surface area contributed by atoms with Gasteiger partial charge in [-0.2, -0.15) is 0 Å². The van der Waals surface area contributed by atoms with Crippen LogP contribution in [0.25, 0.3) is 0 Å². The number of ether oxygens (including phenoxy) is 1. The number of rotatable bonds is 6. The average Bonchev–Trinajstić information content (AvgIpc) is 2.17. The lowest BCUT2D eigenvalue weighted by Crippen LogP contribution is -2.49. The van der Waals surface area contributed by atoms with Gasteiger partial charge in [-0.15, -0.1) is 0 Å². The van der Waals surface area contributed by atoms with E-state index in [1.54, 1.807) is 27.7 Å². The number of carbonyl (C=O) groups is 2. The molecule has 2 amide bonds. The van der Waals surface area contributed by atoms with Gasteiger partial charge in [-0.3, -0.25) is 9.59 Å². The minimum absolute atomic E-state index is 0.0862. The molecule has 0 saturated carbocycles. The van der Waals surface area contributed by atoms with Crippen molar-refractivity contribution in [2.45, 2.75) is 46.9 Å². The highest BCUT2D eigenvalue weighted by Crippen LogP contribution is 1.94. The monoisotopic (exact) mass is 230 g/mol. The molecule has 0 aliphatic heterocycles. The van der Waals surface area contributed by atoms with Crippen LogP contribution >= 0.6 is 0 Å². The molecule has 16 heavy (non-hydrogen) atoms. The summed E-state index contributed by atoms with van der Waals surface area (Å²) in [5.41, 5.74) is 0. The average molecular weight is 230 g/mol. The number of nitrogens with one attached hydrogen (secondary N) is 2. The maximum absolute atomic E-state index is 11.5. The van der Waals surface area contributed by atoms with E-state index >= 15 is 0 Å². The third kappa shape index (κ3) is 5.70. The molecule has 94 valence electrons. The molecule has 0 aromatic carbocycles. The Labute approximate surface area is 96.9 Å². The molecule has 0 spiro atoms. The fraction of sp³-hybridized carbons (Fsp3) is 0.818. The van der Waals surface area contributed by atoms with E-state index in [1.165, 1.54) is 0 Å². The Kier molecular flexibility index (Phi) is 6.72. The summed E-state index contributed by atoms with van der Waals surface area (Å²) in [7, 11) is 0. The van der Waals surface area contributed by atoms with Crippen LogP contribution < -0.4 is 10.6 Å². The summed E-state index contributed by atoms with van der Waals surface area (Å²) in [4.78, 5) is 22.8. The Bertz CT molecular complexity index is 241. The van der Waals surface area contributed by atoms with Gasteiger partial charge in [0, 0.05) is 12.5 Å². The van der Waals surface area contributed by atoms with Crippen molar-refractivity contribution in [1.29, 1.82) is 0 Å². The van der Waals surface area contributed by atoms with Gasteiger partial charge in [0.1, 0.15) is 6.10 Å². The summed E-state index contributed by atoms with van der Waals surface area (Å²) >= 11 is 0. The summed E-state index contributed by atoms with van der Waals surface area (Å²) in [6, 6.07) is 0. The van der Waals surface area contributed by atoms with Crippen LogP contribution in [0.3, 0.4) is 0 Å². The largest absolute Gasteiger partial charge is 0.369 e. The van der Waals surface area contributed by atoms with Crippen molar-refractivity contribution in [3.05, 3.63) is 0 Å². The van der Waals surface area contributed by atoms with Crippen molar-refractivity contribution in [2.24, 2.45) is 5.92 Å². The highest BCUT2D eigenvalue weighted by molar-refractivity contribution is 5.82. The molecule has 2 atom stereocenters. The second-order valence-electron chi connectivity index (χ2n) is 3.99. The molecule has 2 N–H and O–H groups in total. The van der Waals surface area contributed by atoms with Crippen LogP contribution in [0.2, 0.25) is 0 Å². The van der Waals surface area contributed by atoms with E-state index in [-0.39, 0.29) is 23.9 Å². The Morgan fingerprint density at radius 2 is 1.56 bits per heavy atom. The van der Waals surface area contributed by atoms with Crippen molar-refractivity contribution in [3.8, 4) is 0 Å². The first-order valence-corrected chi connectivity index (χ1v) is 5.60. The SMILES string of the molecule is CCOC(C)C(=O)NC(C)NC(=O)C(C)C. The Balaban J connectivity index is 4.00. The predicted molar refractivity (Wildman–Crippen MR) is 61.7 cm³/mol. The highest BCUT2D eigenvalue weighted by atomic mass is 16.5. The van der Waals surface area contributed by atoms with Crippen molar-refractivity contribution in [2.75, 3.05) is 6.61 Å². The molecule has 0 aliphatic carbocycles. The molecular formula is C11H22N2O3. The van der Waals surface area contributed by atoms with Gasteiger partial charge in [0.25, 0.3) is 0 Å². The van der Waals surface area contributed by atoms with Crippen LogP contribution in [0.15, 0.2) is 0 Å². The highest BCUT2D eigenvalue weighted by Gasteiger charge is 2.16. The van der Waals surface area contributed by atoms with Crippen molar-refractivity contribution >= 4 is 11.8 Å². The number of hydrogen-bond acceptors (Lipinski definition) is 3. The van der Waals surface area contributed by atoms with E-state index in [2.05, 4.69) is 10.6 Å². The first kappa shape index (κ1) is 14.9. The van der Waals surface area contributed by atoms with Crippen LogP contribution in [0.5, 0.6) is 0 Å². The lowest BCUT2D eigenvalue weighted by atomic mass is 10.2. The summed E-state index contributed by atoms with van der Waals surface area (Å²) in [6.07, 6.45) is -0.881. The van der Waals surface area contributed by atoms with Crippen molar-refractivity contribution < 1.29 is 14.3 Å². The molecule has 0 heterocycles. The number of hydrogen-bond donors (Lipinski definition) is 2. The molecule has 0 rings (SSSR count). The minimum Gasteiger partial charge on any atom is -0.369 e. The third-order valence-corrected chi connectivity index (χ3v) is 2.03. The zero-order chi connectivity index (χ0) is 12.7. The molecule has 0 fully saturated rings. The Morgan fingerprint density at radius 3 is 2.00 bits per heavy atom. The Morgan fingerprint density at radius 1 is 1.06 bits per heavy atom. The predicted octanol–water partition coefficient (Wildman–Crippen LogP) is 0.646. The van der Waals surface area contributed by atoms with Crippen LogP contribution in [0.4, 0.5) is 0 Å². The van der Waals surface area contributed by atoms with Crippen molar-refractivity contribution in [3.63, 3.8) is 0 Å². The smallest absolute Gasteiger partial charge is 0.250 e. The topological polar surface area (TPSA) is 67.4 Å². The lowest BCUT2D eigenvalue weighted by molar-refractivity contribution is -0.133. The van der Waals surface area contributed by atoms with E-state index in [9.17, 15) is 9.59 Å². The molecule has 0 aliphatic rings. The van der Waals surface area contributed by atoms with Crippen LogP contribution in [-0.2, 0) is 14.3 Å². The maximum Gasteiger partial charge on any atom is 0.250 e. The molecule has 5 heteroatoms. The van der Waals surface area contributed by atoms with Crippen LogP contribution in [0, 0.1) is 5.92 Å². The second-order valence-corrected chi connectivity index (χ2v) is 3.99. The molecule has 0 aromatic heterocycles. The standard InChI is InChI=1S/C11H22N2O3/c1-6-16-8(4)11(15)13-9(5)12-10(14)7(2)3/h7-9H,6H2,1-5H3,(H,12,14)(H,13,15). The molecule has 0 radical (unpaired) electrons. The molecular weight excluding hydrogens is 208 g/mol. The van der Waals surface area contributed by atoms with Crippen molar-refractivity contribution in [1.82, 2.24) is 10.6 Å². The van der Waals surface area contributed by atoms with E-state index in [0.29, 0.717) is 6.61 Å². The Hall–Kier alpha value is -1.10. The van der Waals surface area contributed by atoms with E-state index in [0.717, 1.165) is 0 Å². The molecule has 0 bridgehead atoms. The van der Waals surface area contributed by atoms with Crippen LogP contribution in [0.1, 0.15) is 34.6 Å². The first-order chi connectivity index (χ1) is 7.38. The number of carbonyl (C=O) groups excluding carboxylic acids is 2. The zero-order valence-corrected chi connectivity index (χ0v) is 10.7. The lowest BCUT2D eigenvalue weighted by Gasteiger charge is -2.19. The van der Waals surface area contributed by atoms with E-state index < -0.39 is 6.10 Å². The van der Waals surface area contributed by atoms with Gasteiger partial charge in [0.15, 0.2) is 0 Å². The van der Waals surface area contributed by atoms with E-state index in [1.807, 2.05) is 6.92 Å². The fourth-order valence-electron chi connectivity index (χ4n) is 1.07. The molecule has 2 unspecified atom stereocenters. The fourth-order valence-corrected chi connectivity index (χ4v) is 1.07. The third-order valence-electron chi connectivity index (χ3n) is 2.03. The van der Waals surface area contributed by atoms with Gasteiger partial charge in [-0.05, 0) is 20.8 Å². The maximum atomic E-state index is 11.5. The van der Waals surface area contributed by atoms with Gasteiger partial charge < -0.3 is 15.4 Å². The number of amides is 2. The second kappa shape index (κ2) is 7.22. The summed E-state index contributed by atoms with van der Waals surface area (Å²) < 4.78 is 5.13. The van der Waals surface area contributed by atoms with Gasteiger partial charge in [0.2, 0.25) is 11.8 Å². The summed E-state index contributed by atoms with van der Waals surface area (Å²) in [5.74, 6) is -0.404. The molecule has 0 saturated heterocycles. The normalized spacial score (nSPS) is 14.4. The quantitative estimate of drug-likeness (QED) is 0.658. The van der Waals surface area contributed by atoms with E-state index in [4.69, 9.17) is 4.74 Å². The van der Waals surface area contributed by atoms with Gasteiger partial charge >= 0.3 is 0 Å². The van der Waals surface area contributed by atoms with Gasteiger partial charge in [-0.1, -0.05) is 13.8 Å². The summed E-state index contributed by atoms with van der Waals surface area (Å²) in [6.45, 7) is 9.31. The van der Waals surface area contributed by atoms with Gasteiger partial charge in [0.05, 0.1) is 6.17 Å². The zero-order valence-electron chi connectivity index (χ0n) is 10.7. The molecule has 5 nitrogen and oxygen atoms in total. The van der Waals surface area contributed by atoms with Crippen LogP contribution in [-0.4, -0.2) is 30.7 Å². The minimum atomic E-state index is -0.497. The first-order valence-electron chi connectivity index (χ1n) is 5.60. The molecule has 0 aromatic rings.